The van der Waals surface area contributed by atoms with Crippen molar-refractivity contribution in [3.8, 4) is 5.75 Å². The zero-order valence-corrected chi connectivity index (χ0v) is 16.9. The molecule has 0 atom stereocenters. The van der Waals surface area contributed by atoms with Crippen LogP contribution >= 0.6 is 24.0 Å². The third-order valence-electron chi connectivity index (χ3n) is 4.26. The molecule has 1 aliphatic rings. The number of rotatable bonds is 8. The van der Waals surface area contributed by atoms with E-state index in [1.54, 1.807) is 12.0 Å². The van der Waals surface area contributed by atoms with E-state index in [-0.39, 0.29) is 17.7 Å². The van der Waals surface area contributed by atoms with Crippen LogP contribution in [-0.4, -0.2) is 41.2 Å². The highest BCUT2D eigenvalue weighted by Gasteiger charge is 2.31. The maximum absolute atomic E-state index is 12.6. The van der Waals surface area contributed by atoms with Crippen LogP contribution in [0.25, 0.3) is 6.08 Å². The first kappa shape index (κ1) is 20.5. The lowest BCUT2D eigenvalue weighted by Gasteiger charge is -2.17. The van der Waals surface area contributed by atoms with E-state index in [1.165, 1.54) is 11.8 Å². The molecule has 0 aliphatic carbocycles. The van der Waals surface area contributed by atoms with Crippen molar-refractivity contribution in [2.45, 2.75) is 26.7 Å². The van der Waals surface area contributed by atoms with E-state index >= 15 is 0 Å². The van der Waals surface area contributed by atoms with Crippen molar-refractivity contribution < 1.29 is 14.3 Å². The molecule has 26 heavy (non-hydrogen) atoms. The first-order valence-corrected chi connectivity index (χ1v) is 9.89. The zero-order chi connectivity index (χ0) is 19.1. The Morgan fingerprint density at radius 3 is 2.77 bits per heavy atom. The maximum atomic E-state index is 12.6. The minimum atomic E-state index is -0.125. The van der Waals surface area contributed by atoms with Crippen LogP contribution in [0.4, 0.5) is 0 Å². The van der Waals surface area contributed by atoms with E-state index in [0.717, 1.165) is 24.2 Å². The van der Waals surface area contributed by atoms with Crippen LogP contribution in [-0.2, 0) is 9.59 Å². The minimum absolute atomic E-state index is 0.0223. The molecule has 0 unspecified atom stereocenters. The minimum Gasteiger partial charge on any atom is -0.497 e. The van der Waals surface area contributed by atoms with Gasteiger partial charge in [0.2, 0.25) is 5.91 Å². The maximum Gasteiger partial charge on any atom is 0.266 e. The number of amides is 2. The quantitative estimate of drug-likeness (QED) is 0.542. The summed E-state index contributed by atoms with van der Waals surface area (Å²) < 4.78 is 5.72. The van der Waals surface area contributed by atoms with Crippen LogP contribution < -0.4 is 10.1 Å². The second kappa shape index (κ2) is 9.73. The molecule has 0 aromatic heterocycles. The smallest absolute Gasteiger partial charge is 0.266 e. The summed E-state index contributed by atoms with van der Waals surface area (Å²) in [4.78, 5) is 26.8. The van der Waals surface area contributed by atoms with Crippen molar-refractivity contribution in [1.82, 2.24) is 10.2 Å². The average Bonchev–Trinajstić information content (AvgIpc) is 2.90. The molecule has 2 amide bonds. The molecule has 0 radical (unpaired) electrons. The van der Waals surface area contributed by atoms with Crippen LogP contribution in [0, 0.1) is 5.92 Å². The lowest BCUT2D eigenvalue weighted by molar-refractivity contribution is -0.126. The third kappa shape index (κ3) is 5.08. The van der Waals surface area contributed by atoms with Crippen molar-refractivity contribution in [3.63, 3.8) is 0 Å². The molecule has 0 bridgehead atoms. The van der Waals surface area contributed by atoms with E-state index in [2.05, 4.69) is 5.32 Å². The summed E-state index contributed by atoms with van der Waals surface area (Å²) in [5.74, 6) is 0.666. The first-order valence-electron chi connectivity index (χ1n) is 8.67. The van der Waals surface area contributed by atoms with Gasteiger partial charge in [-0.1, -0.05) is 50.0 Å². The molecular weight excluding hydrogens is 368 g/mol. The van der Waals surface area contributed by atoms with Crippen LogP contribution in [0.15, 0.2) is 29.2 Å². The summed E-state index contributed by atoms with van der Waals surface area (Å²) in [6.07, 6.45) is 3.43. The van der Waals surface area contributed by atoms with E-state index in [1.807, 2.05) is 44.2 Å². The SMILES string of the molecule is CCC(CC)C(=O)NCCN1C(=O)/C(=C\c2cccc(OC)c2)SC1=S. The van der Waals surface area contributed by atoms with E-state index < -0.39 is 0 Å². The van der Waals surface area contributed by atoms with Gasteiger partial charge in [0.15, 0.2) is 0 Å². The summed E-state index contributed by atoms with van der Waals surface area (Å²) in [6, 6.07) is 7.50. The highest BCUT2D eigenvalue weighted by molar-refractivity contribution is 8.26. The Morgan fingerprint density at radius 1 is 1.38 bits per heavy atom. The fourth-order valence-corrected chi connectivity index (χ4v) is 3.98. The lowest BCUT2D eigenvalue weighted by Crippen LogP contribution is -2.39. The summed E-state index contributed by atoms with van der Waals surface area (Å²) in [7, 11) is 1.61. The number of ether oxygens (including phenoxy) is 1. The molecule has 1 aromatic rings. The number of thiocarbonyl (C=S) groups is 1. The van der Waals surface area contributed by atoms with Crippen LogP contribution in [0.5, 0.6) is 5.75 Å². The Hall–Kier alpha value is -1.86. The summed E-state index contributed by atoms with van der Waals surface area (Å²) >= 11 is 6.61. The number of nitrogens with zero attached hydrogens (tertiary/aromatic N) is 1. The molecule has 1 N–H and O–H groups in total. The Balaban J connectivity index is 1.98. The zero-order valence-electron chi connectivity index (χ0n) is 15.3. The molecule has 1 fully saturated rings. The summed E-state index contributed by atoms with van der Waals surface area (Å²) in [5, 5.41) is 2.89. The lowest BCUT2D eigenvalue weighted by atomic mass is 10.0. The number of hydrogen-bond acceptors (Lipinski definition) is 5. The van der Waals surface area contributed by atoms with Gasteiger partial charge < -0.3 is 10.1 Å². The van der Waals surface area contributed by atoms with E-state index in [4.69, 9.17) is 17.0 Å². The second-order valence-corrected chi connectivity index (χ2v) is 7.59. The predicted molar refractivity (Wildman–Crippen MR) is 110 cm³/mol. The van der Waals surface area contributed by atoms with E-state index in [0.29, 0.717) is 22.3 Å². The number of nitrogens with one attached hydrogen (secondary N) is 1. The van der Waals surface area contributed by atoms with Crippen molar-refractivity contribution in [1.29, 1.82) is 0 Å². The van der Waals surface area contributed by atoms with Gasteiger partial charge in [0.25, 0.3) is 5.91 Å². The highest BCUT2D eigenvalue weighted by Crippen LogP contribution is 2.32. The average molecular weight is 393 g/mol. The first-order chi connectivity index (χ1) is 12.5. The fourth-order valence-electron chi connectivity index (χ4n) is 2.67. The molecule has 7 heteroatoms. The Labute approximate surface area is 164 Å². The number of methoxy groups -OCH3 is 1. The van der Waals surface area contributed by atoms with Crippen LogP contribution in [0.2, 0.25) is 0 Å². The Bertz CT molecular complexity index is 714. The van der Waals surface area contributed by atoms with Gasteiger partial charge in [0.05, 0.1) is 12.0 Å². The number of hydrogen-bond donors (Lipinski definition) is 1. The fraction of sp³-hybridized carbons (Fsp3) is 0.421. The highest BCUT2D eigenvalue weighted by atomic mass is 32.2. The largest absolute Gasteiger partial charge is 0.497 e. The number of carbonyl (C=O) groups excluding carboxylic acids is 2. The molecule has 1 aliphatic heterocycles. The Morgan fingerprint density at radius 2 is 2.12 bits per heavy atom. The molecule has 5 nitrogen and oxygen atoms in total. The van der Waals surface area contributed by atoms with Crippen molar-refractivity contribution in [3.05, 3.63) is 34.7 Å². The number of carbonyl (C=O) groups is 2. The van der Waals surface area contributed by atoms with Gasteiger partial charge in [-0.05, 0) is 36.6 Å². The Kier molecular flexibility index (Phi) is 7.66. The third-order valence-corrected chi connectivity index (χ3v) is 5.63. The van der Waals surface area contributed by atoms with E-state index in [9.17, 15) is 9.59 Å². The second-order valence-electron chi connectivity index (χ2n) is 5.91. The molecule has 0 saturated carbocycles. The van der Waals surface area contributed by atoms with Gasteiger partial charge >= 0.3 is 0 Å². The van der Waals surface area contributed by atoms with Gasteiger partial charge in [-0.15, -0.1) is 0 Å². The monoisotopic (exact) mass is 392 g/mol. The summed E-state index contributed by atoms with van der Waals surface area (Å²) in [6.45, 7) is 4.78. The predicted octanol–water partition coefficient (Wildman–Crippen LogP) is 3.45. The van der Waals surface area contributed by atoms with Crippen molar-refractivity contribution in [2.24, 2.45) is 5.92 Å². The summed E-state index contributed by atoms with van der Waals surface area (Å²) in [5.41, 5.74) is 0.881. The standard InChI is InChI=1S/C19H24N2O3S2/c1-4-14(5-2)17(22)20-9-10-21-18(23)16(26-19(21)25)12-13-7-6-8-15(11-13)24-3/h6-8,11-12,14H,4-5,9-10H2,1-3H3,(H,20,22)/b16-12+. The number of thioether (sulfide) groups is 1. The van der Waals surface area contributed by atoms with Gasteiger partial charge in [0.1, 0.15) is 10.1 Å². The van der Waals surface area contributed by atoms with Gasteiger partial charge in [-0.3, -0.25) is 14.5 Å². The van der Waals surface area contributed by atoms with Crippen molar-refractivity contribution >= 4 is 46.2 Å². The molecule has 1 heterocycles. The number of benzene rings is 1. The molecular formula is C19H24N2O3S2. The molecule has 1 aromatic carbocycles. The molecule has 2 rings (SSSR count). The van der Waals surface area contributed by atoms with Gasteiger partial charge in [0, 0.05) is 19.0 Å². The molecule has 0 spiro atoms. The molecule has 140 valence electrons. The van der Waals surface area contributed by atoms with Crippen molar-refractivity contribution in [2.75, 3.05) is 20.2 Å². The normalized spacial score (nSPS) is 15.8. The topological polar surface area (TPSA) is 58.6 Å². The molecule has 1 saturated heterocycles. The van der Waals surface area contributed by atoms with Crippen LogP contribution in [0.3, 0.4) is 0 Å². The van der Waals surface area contributed by atoms with Gasteiger partial charge in [-0.25, -0.2) is 0 Å². The van der Waals surface area contributed by atoms with Gasteiger partial charge in [-0.2, -0.15) is 0 Å². The van der Waals surface area contributed by atoms with Crippen LogP contribution in [0.1, 0.15) is 32.3 Å².